The Bertz CT molecular complexity index is 216. The molecule has 15 heavy (non-hydrogen) atoms. The van der Waals surface area contributed by atoms with Gasteiger partial charge in [-0.15, -0.1) is 0 Å². The SMILES string of the molecule is CCCCOC(O)(CC(=O)[O-])C(F)(F)F. The average Bonchev–Trinajstić information content (AvgIpc) is 2.01. The Kier molecular flexibility index (Phi) is 5.02. The van der Waals surface area contributed by atoms with Crippen molar-refractivity contribution in [1.82, 2.24) is 0 Å². The molecule has 0 radical (unpaired) electrons. The van der Waals surface area contributed by atoms with Crippen molar-refractivity contribution in [2.24, 2.45) is 0 Å². The third kappa shape index (κ3) is 4.48. The Morgan fingerprint density at radius 2 is 2.00 bits per heavy atom. The maximum Gasteiger partial charge on any atom is 0.443 e. The minimum Gasteiger partial charge on any atom is -0.550 e. The molecular formula is C8H12F3O4-. The Morgan fingerprint density at radius 1 is 1.47 bits per heavy atom. The number of ether oxygens (including phenoxy) is 1. The first-order chi connectivity index (χ1) is 6.73. The number of hydrogen-bond donors (Lipinski definition) is 1. The van der Waals surface area contributed by atoms with Gasteiger partial charge in [-0.2, -0.15) is 13.2 Å². The second-order valence-corrected chi connectivity index (χ2v) is 3.03. The molecule has 90 valence electrons. The third-order valence-corrected chi connectivity index (χ3v) is 1.67. The lowest BCUT2D eigenvalue weighted by atomic mass is 10.2. The molecule has 0 saturated carbocycles. The summed E-state index contributed by atoms with van der Waals surface area (Å²) in [5.74, 6) is -5.67. The molecule has 0 aromatic carbocycles. The van der Waals surface area contributed by atoms with Gasteiger partial charge >= 0.3 is 6.18 Å². The van der Waals surface area contributed by atoms with Crippen LogP contribution in [0.15, 0.2) is 0 Å². The van der Waals surface area contributed by atoms with E-state index in [1.165, 1.54) is 0 Å². The van der Waals surface area contributed by atoms with Crippen LogP contribution in [0.4, 0.5) is 13.2 Å². The normalized spacial score (nSPS) is 16.1. The van der Waals surface area contributed by atoms with Gasteiger partial charge in [-0.1, -0.05) is 13.3 Å². The molecule has 7 heteroatoms. The van der Waals surface area contributed by atoms with Gasteiger partial charge in [-0.05, 0) is 6.42 Å². The van der Waals surface area contributed by atoms with Gasteiger partial charge in [0.2, 0.25) is 0 Å². The van der Waals surface area contributed by atoms with Crippen molar-refractivity contribution >= 4 is 5.97 Å². The minimum absolute atomic E-state index is 0.297. The van der Waals surface area contributed by atoms with Crippen molar-refractivity contribution in [3.63, 3.8) is 0 Å². The molecule has 0 fully saturated rings. The Morgan fingerprint density at radius 3 is 2.33 bits per heavy atom. The van der Waals surface area contributed by atoms with E-state index in [9.17, 15) is 23.1 Å². The molecule has 0 aliphatic heterocycles. The monoisotopic (exact) mass is 229 g/mol. The maximum atomic E-state index is 12.2. The van der Waals surface area contributed by atoms with E-state index < -0.39 is 24.4 Å². The molecule has 0 saturated heterocycles. The number of hydrogen-bond acceptors (Lipinski definition) is 4. The van der Waals surface area contributed by atoms with Crippen molar-refractivity contribution in [3.8, 4) is 0 Å². The van der Waals surface area contributed by atoms with E-state index in [1.54, 1.807) is 6.92 Å². The van der Waals surface area contributed by atoms with Gasteiger partial charge in [0.15, 0.2) is 0 Å². The number of carboxylic acid groups (broad SMARTS) is 1. The molecule has 0 aliphatic rings. The number of aliphatic carboxylic acids is 1. The van der Waals surface area contributed by atoms with Gasteiger partial charge in [0, 0.05) is 5.97 Å². The fraction of sp³-hybridized carbons (Fsp3) is 0.875. The molecule has 1 atom stereocenters. The van der Waals surface area contributed by atoms with Crippen molar-refractivity contribution in [1.29, 1.82) is 0 Å². The van der Waals surface area contributed by atoms with E-state index in [2.05, 4.69) is 4.74 Å². The summed E-state index contributed by atoms with van der Waals surface area (Å²) in [6.45, 7) is 1.36. The molecule has 1 N–H and O–H groups in total. The smallest absolute Gasteiger partial charge is 0.443 e. The van der Waals surface area contributed by atoms with Crippen LogP contribution in [0.25, 0.3) is 0 Å². The summed E-state index contributed by atoms with van der Waals surface area (Å²) in [5.41, 5.74) is 0. The van der Waals surface area contributed by atoms with Gasteiger partial charge in [-0.3, -0.25) is 0 Å². The van der Waals surface area contributed by atoms with Crippen molar-refractivity contribution in [2.75, 3.05) is 6.61 Å². The van der Waals surface area contributed by atoms with Crippen molar-refractivity contribution in [3.05, 3.63) is 0 Å². The second-order valence-electron chi connectivity index (χ2n) is 3.03. The first-order valence-electron chi connectivity index (χ1n) is 4.36. The second kappa shape index (κ2) is 5.32. The first kappa shape index (κ1) is 14.2. The van der Waals surface area contributed by atoms with Crippen molar-refractivity contribution < 1.29 is 32.9 Å². The Balaban J connectivity index is 4.49. The highest BCUT2D eigenvalue weighted by Gasteiger charge is 2.55. The summed E-state index contributed by atoms with van der Waals surface area (Å²) < 4.78 is 40.8. The van der Waals surface area contributed by atoms with Crippen LogP contribution in [0, 0.1) is 0 Å². The zero-order valence-electron chi connectivity index (χ0n) is 8.13. The van der Waals surface area contributed by atoms with Crippen LogP contribution >= 0.6 is 0 Å². The van der Waals surface area contributed by atoms with Gasteiger partial charge < -0.3 is 19.7 Å². The average molecular weight is 229 g/mol. The summed E-state index contributed by atoms with van der Waals surface area (Å²) >= 11 is 0. The number of rotatable bonds is 6. The lowest BCUT2D eigenvalue weighted by molar-refractivity contribution is -0.379. The summed E-state index contributed by atoms with van der Waals surface area (Å²) in [7, 11) is 0. The molecule has 4 nitrogen and oxygen atoms in total. The summed E-state index contributed by atoms with van der Waals surface area (Å²) in [4.78, 5) is 10.0. The number of carbonyl (C=O) groups is 1. The fourth-order valence-corrected chi connectivity index (χ4v) is 0.814. The van der Waals surface area contributed by atoms with Gasteiger partial charge in [0.1, 0.15) is 0 Å². The highest BCUT2D eigenvalue weighted by molar-refractivity contribution is 5.65. The van der Waals surface area contributed by atoms with Crippen molar-refractivity contribution in [2.45, 2.75) is 38.1 Å². The lowest BCUT2D eigenvalue weighted by Gasteiger charge is -2.30. The van der Waals surface area contributed by atoms with Crippen LogP contribution in [0.2, 0.25) is 0 Å². The predicted octanol–water partition coefficient (Wildman–Crippen LogP) is 0.194. The van der Waals surface area contributed by atoms with E-state index in [1.807, 2.05) is 0 Å². The Hall–Kier alpha value is -0.820. The number of halogens is 3. The molecule has 0 bridgehead atoms. The first-order valence-corrected chi connectivity index (χ1v) is 4.36. The molecule has 0 aromatic heterocycles. The number of carbonyl (C=O) groups excluding carboxylic acids is 1. The zero-order valence-corrected chi connectivity index (χ0v) is 8.13. The summed E-state index contributed by atoms with van der Waals surface area (Å²) in [6.07, 6.45) is -5.91. The third-order valence-electron chi connectivity index (χ3n) is 1.67. The molecule has 0 amide bonds. The predicted molar refractivity (Wildman–Crippen MR) is 41.5 cm³/mol. The van der Waals surface area contributed by atoms with Gasteiger partial charge in [-0.25, -0.2) is 0 Å². The highest BCUT2D eigenvalue weighted by Crippen LogP contribution is 2.34. The van der Waals surface area contributed by atoms with Crippen LogP contribution < -0.4 is 5.11 Å². The zero-order chi connectivity index (χ0) is 12.1. The molecule has 0 spiro atoms. The molecular weight excluding hydrogens is 217 g/mol. The van der Waals surface area contributed by atoms with Crippen LogP contribution in [-0.2, 0) is 9.53 Å². The van der Waals surface area contributed by atoms with E-state index in [4.69, 9.17) is 5.11 Å². The molecule has 0 heterocycles. The van der Waals surface area contributed by atoms with Crippen LogP contribution in [-0.4, -0.2) is 29.6 Å². The van der Waals surface area contributed by atoms with Gasteiger partial charge in [0.05, 0.1) is 13.0 Å². The number of aliphatic hydroxyl groups is 1. The number of alkyl halides is 3. The van der Waals surface area contributed by atoms with Crippen LogP contribution in [0.1, 0.15) is 26.2 Å². The van der Waals surface area contributed by atoms with Gasteiger partial charge in [0.25, 0.3) is 5.79 Å². The topological polar surface area (TPSA) is 69.6 Å². The molecule has 1 unspecified atom stereocenters. The molecule has 0 aromatic rings. The number of unbranched alkanes of at least 4 members (excludes halogenated alkanes) is 1. The van der Waals surface area contributed by atoms with E-state index in [0.29, 0.717) is 12.8 Å². The highest BCUT2D eigenvalue weighted by atomic mass is 19.4. The lowest BCUT2D eigenvalue weighted by Crippen LogP contribution is -2.51. The van der Waals surface area contributed by atoms with E-state index in [0.717, 1.165) is 0 Å². The van der Waals surface area contributed by atoms with E-state index >= 15 is 0 Å². The largest absolute Gasteiger partial charge is 0.550 e. The standard InChI is InChI=1S/C8H13F3O4/c1-2-3-4-15-7(14,5-6(12)13)8(9,10)11/h14H,2-5H2,1H3,(H,12,13)/p-1. The maximum absolute atomic E-state index is 12.2. The quantitative estimate of drug-likeness (QED) is 0.521. The molecule has 0 aliphatic carbocycles. The van der Waals surface area contributed by atoms with E-state index in [-0.39, 0.29) is 6.61 Å². The number of carboxylic acids is 1. The summed E-state index contributed by atoms with van der Waals surface area (Å²) in [5, 5.41) is 19.0. The summed E-state index contributed by atoms with van der Waals surface area (Å²) in [6, 6.07) is 0. The van der Waals surface area contributed by atoms with Crippen LogP contribution in [0.5, 0.6) is 0 Å². The minimum atomic E-state index is -5.15. The molecule has 0 rings (SSSR count). The van der Waals surface area contributed by atoms with Crippen LogP contribution in [0.3, 0.4) is 0 Å². The fourth-order valence-electron chi connectivity index (χ4n) is 0.814. The Labute approximate surface area is 84.7 Å².